The number of rotatable bonds is 7. The minimum absolute atomic E-state index is 0.0169. The van der Waals surface area contributed by atoms with Crippen molar-refractivity contribution in [1.29, 1.82) is 5.26 Å². The van der Waals surface area contributed by atoms with Crippen LogP contribution in [0.1, 0.15) is 28.0 Å². The highest BCUT2D eigenvalue weighted by Crippen LogP contribution is 2.38. The number of amides is 1. The molecule has 2 aromatic carbocycles. The van der Waals surface area contributed by atoms with E-state index in [1.807, 2.05) is 0 Å². The zero-order valence-electron chi connectivity index (χ0n) is 18.4. The molecule has 0 saturated heterocycles. The largest absolute Gasteiger partial charge is 0.491 e. The first-order valence-corrected chi connectivity index (χ1v) is 10.9. The molecule has 0 unspecified atom stereocenters. The van der Waals surface area contributed by atoms with E-state index in [-0.39, 0.29) is 56.8 Å². The number of carboxylic acid groups (broad SMARTS) is 1. The van der Waals surface area contributed by atoms with E-state index in [1.54, 1.807) is 12.1 Å². The van der Waals surface area contributed by atoms with Crippen LogP contribution >= 0.6 is 23.2 Å². The summed E-state index contributed by atoms with van der Waals surface area (Å²) in [6.45, 7) is -0.159. The van der Waals surface area contributed by atoms with E-state index in [0.717, 1.165) is 6.20 Å². The number of carbonyl (C=O) groups is 2. The smallest absolute Gasteiger partial charge is 0.433 e. The molecule has 0 spiro atoms. The second-order valence-electron chi connectivity index (χ2n) is 7.36. The summed E-state index contributed by atoms with van der Waals surface area (Å²) in [5, 5.41) is 18.5. The van der Waals surface area contributed by atoms with Crippen molar-refractivity contribution < 1.29 is 32.6 Å². The maximum absolute atomic E-state index is 13.3. The molecule has 0 atom stereocenters. The number of benzene rings is 2. The zero-order chi connectivity index (χ0) is 26.6. The van der Waals surface area contributed by atoms with Gasteiger partial charge in [-0.15, -0.1) is 0 Å². The van der Waals surface area contributed by atoms with Gasteiger partial charge in [-0.1, -0.05) is 29.3 Å². The maximum atomic E-state index is 13.3. The van der Waals surface area contributed by atoms with Gasteiger partial charge in [0.15, 0.2) is 0 Å². The molecule has 0 fully saturated rings. The molecule has 1 aromatic heterocycles. The molecule has 7 nitrogen and oxygen atoms in total. The molecule has 36 heavy (non-hydrogen) atoms. The lowest BCUT2D eigenvalue weighted by Gasteiger charge is -2.22. The molecule has 186 valence electrons. The van der Waals surface area contributed by atoms with Gasteiger partial charge in [0.2, 0.25) is 0 Å². The van der Waals surface area contributed by atoms with Gasteiger partial charge in [0, 0.05) is 35.0 Å². The minimum Gasteiger partial charge on any atom is -0.491 e. The van der Waals surface area contributed by atoms with Crippen molar-refractivity contribution in [1.82, 2.24) is 4.98 Å². The van der Waals surface area contributed by atoms with Crippen LogP contribution in [0.15, 0.2) is 48.7 Å². The Kier molecular flexibility index (Phi) is 8.07. The summed E-state index contributed by atoms with van der Waals surface area (Å²) in [7, 11) is 1.42. The zero-order valence-corrected chi connectivity index (χ0v) is 19.9. The number of hydrogen-bond acceptors (Lipinski definition) is 5. The molecule has 0 radical (unpaired) electrons. The van der Waals surface area contributed by atoms with Gasteiger partial charge < -0.3 is 14.7 Å². The van der Waals surface area contributed by atoms with Crippen LogP contribution in [0.25, 0.3) is 11.1 Å². The number of hydrogen-bond donors (Lipinski definition) is 1. The molecule has 0 aliphatic rings. The number of ether oxygens (including phenoxy) is 1. The molecular formula is C24H16Cl2F3N3O4. The molecule has 3 rings (SSSR count). The van der Waals surface area contributed by atoms with Crippen LogP contribution in [0.2, 0.25) is 10.0 Å². The van der Waals surface area contributed by atoms with E-state index in [9.17, 15) is 28.0 Å². The second kappa shape index (κ2) is 10.8. The number of carbonyl (C=O) groups excluding carboxylic acids is 1. The van der Waals surface area contributed by atoms with Crippen molar-refractivity contribution in [2.24, 2.45) is 0 Å². The van der Waals surface area contributed by atoms with Crippen LogP contribution in [-0.4, -0.2) is 35.6 Å². The van der Waals surface area contributed by atoms with Gasteiger partial charge in [-0.05, 0) is 36.4 Å². The lowest BCUT2D eigenvalue weighted by atomic mass is 9.99. The Bertz CT molecular complexity index is 1370. The van der Waals surface area contributed by atoms with E-state index in [2.05, 4.69) is 4.98 Å². The monoisotopic (exact) mass is 537 g/mol. The third kappa shape index (κ3) is 5.87. The molecule has 0 bridgehead atoms. The predicted octanol–water partition coefficient (Wildman–Crippen LogP) is 6.08. The van der Waals surface area contributed by atoms with E-state index >= 15 is 0 Å². The summed E-state index contributed by atoms with van der Waals surface area (Å²) >= 11 is 12.5. The number of nitriles is 1. The first-order valence-electron chi connectivity index (χ1n) is 10.1. The Morgan fingerprint density at radius 1 is 1.14 bits per heavy atom. The number of aromatic nitrogens is 1. The van der Waals surface area contributed by atoms with Crippen molar-refractivity contribution in [3.05, 3.63) is 75.5 Å². The second-order valence-corrected chi connectivity index (χ2v) is 8.18. The Labute approximate surface area is 213 Å². The molecule has 12 heteroatoms. The molecule has 1 heterocycles. The fraction of sp³-hybridized carbons (Fsp3) is 0.167. The third-order valence-electron chi connectivity index (χ3n) is 4.98. The maximum Gasteiger partial charge on any atom is 0.433 e. The number of aliphatic carboxylic acids is 1. The number of carboxylic acids is 1. The number of halogens is 5. The summed E-state index contributed by atoms with van der Waals surface area (Å²) in [5.74, 6) is -1.47. The van der Waals surface area contributed by atoms with Crippen molar-refractivity contribution in [2.75, 3.05) is 18.6 Å². The minimum atomic E-state index is -4.74. The SMILES string of the molecule is CN(C(=O)c1ccc(Cl)c(-c2cnc(C(F)(F)F)cc2C#N)c1)c1c(Cl)cccc1OCCC(=O)O. The molecule has 0 aliphatic heterocycles. The summed E-state index contributed by atoms with van der Waals surface area (Å²) in [5.41, 5.74) is -1.15. The fourth-order valence-corrected chi connectivity index (χ4v) is 3.78. The van der Waals surface area contributed by atoms with E-state index in [1.165, 1.54) is 42.3 Å². The van der Waals surface area contributed by atoms with Gasteiger partial charge in [0.05, 0.1) is 29.7 Å². The average molecular weight is 538 g/mol. The summed E-state index contributed by atoms with van der Waals surface area (Å²) in [4.78, 5) is 28.7. The Morgan fingerprint density at radius 3 is 2.50 bits per heavy atom. The standard InChI is InChI=1S/C24H16Cl2F3N3O4/c1-32(22-18(26)3-2-4-19(22)36-8-7-21(33)34)23(35)13-5-6-17(25)15(9-13)16-12-31-20(24(27,28)29)10-14(16)11-30/h2-6,9-10,12H,7-8H2,1H3,(H,33,34). The van der Waals surface area contributed by atoms with Crippen LogP contribution in [0.3, 0.4) is 0 Å². The van der Waals surface area contributed by atoms with Crippen LogP contribution < -0.4 is 9.64 Å². The van der Waals surface area contributed by atoms with E-state index in [0.29, 0.717) is 6.07 Å². The molecule has 3 aromatic rings. The Morgan fingerprint density at radius 2 is 1.86 bits per heavy atom. The van der Waals surface area contributed by atoms with Gasteiger partial charge >= 0.3 is 12.1 Å². The average Bonchev–Trinajstić information content (AvgIpc) is 2.82. The fourth-order valence-electron chi connectivity index (χ4n) is 3.26. The lowest BCUT2D eigenvalue weighted by Crippen LogP contribution is -2.27. The number of alkyl halides is 3. The third-order valence-corrected chi connectivity index (χ3v) is 5.62. The van der Waals surface area contributed by atoms with Crippen LogP contribution in [-0.2, 0) is 11.0 Å². The highest BCUT2D eigenvalue weighted by molar-refractivity contribution is 6.35. The van der Waals surface area contributed by atoms with Crippen molar-refractivity contribution >= 4 is 40.8 Å². The van der Waals surface area contributed by atoms with E-state index in [4.69, 9.17) is 33.0 Å². The van der Waals surface area contributed by atoms with Gasteiger partial charge in [-0.3, -0.25) is 14.6 Å². The van der Waals surface area contributed by atoms with Gasteiger partial charge in [0.1, 0.15) is 17.1 Å². The van der Waals surface area contributed by atoms with Crippen LogP contribution in [0.4, 0.5) is 18.9 Å². The summed E-state index contributed by atoms with van der Waals surface area (Å²) in [6, 6.07) is 11.0. The molecule has 0 saturated carbocycles. The summed E-state index contributed by atoms with van der Waals surface area (Å²) < 4.78 is 44.6. The molecule has 1 N–H and O–H groups in total. The van der Waals surface area contributed by atoms with E-state index < -0.39 is 23.7 Å². The van der Waals surface area contributed by atoms with Crippen LogP contribution in [0.5, 0.6) is 5.75 Å². The van der Waals surface area contributed by atoms with Gasteiger partial charge in [-0.25, -0.2) is 0 Å². The highest BCUT2D eigenvalue weighted by Gasteiger charge is 2.33. The normalized spacial score (nSPS) is 11.0. The number of anilines is 1. The Balaban J connectivity index is 2.00. The predicted molar refractivity (Wildman–Crippen MR) is 126 cm³/mol. The van der Waals surface area contributed by atoms with Gasteiger partial charge in [-0.2, -0.15) is 18.4 Å². The first-order chi connectivity index (χ1) is 16.9. The molecule has 1 amide bonds. The highest BCUT2D eigenvalue weighted by atomic mass is 35.5. The van der Waals surface area contributed by atoms with Crippen molar-refractivity contribution in [3.8, 4) is 22.9 Å². The van der Waals surface area contributed by atoms with Crippen LogP contribution in [0, 0.1) is 11.3 Å². The molecular weight excluding hydrogens is 522 g/mol. The first kappa shape index (κ1) is 26.8. The quantitative estimate of drug-likeness (QED) is 0.392. The topological polar surface area (TPSA) is 104 Å². The summed E-state index contributed by atoms with van der Waals surface area (Å²) in [6.07, 6.45) is -4.14. The lowest BCUT2D eigenvalue weighted by molar-refractivity contribution is -0.141. The number of para-hydroxylation sites is 1. The van der Waals surface area contributed by atoms with Crippen molar-refractivity contribution in [2.45, 2.75) is 12.6 Å². The molecule has 0 aliphatic carbocycles. The Hall–Kier alpha value is -3.81. The van der Waals surface area contributed by atoms with Gasteiger partial charge in [0.25, 0.3) is 5.91 Å². The number of pyridine rings is 1. The van der Waals surface area contributed by atoms with Crippen molar-refractivity contribution in [3.63, 3.8) is 0 Å². The number of nitrogens with zero attached hydrogens (tertiary/aromatic N) is 3.